The molecule has 0 N–H and O–H groups in total. The fraction of sp³-hybridized carbons (Fsp3) is 0.600. The maximum atomic E-state index is 9.36. The lowest BCUT2D eigenvalue weighted by Gasteiger charge is -2.27. The second-order valence-electron chi connectivity index (χ2n) is 5.15. The number of hydrogen-bond acceptors (Lipinski definition) is 4. The first kappa shape index (κ1) is 15.5. The summed E-state index contributed by atoms with van der Waals surface area (Å²) in [5, 5.41) is 9.36. The normalized spacial score (nSPS) is 10.6. The average Bonchev–Trinajstić information content (AvgIpc) is 2.33. The number of rotatable bonds is 6. The summed E-state index contributed by atoms with van der Waals surface area (Å²) in [4.78, 5) is 8.84. The maximum absolute atomic E-state index is 9.36. The van der Waals surface area contributed by atoms with E-state index >= 15 is 0 Å². The third-order valence-corrected chi connectivity index (χ3v) is 3.07. The van der Waals surface area contributed by atoms with Crippen LogP contribution in [0.4, 0.5) is 5.69 Å². The molecule has 19 heavy (non-hydrogen) atoms. The molecule has 0 aromatic carbocycles. The van der Waals surface area contributed by atoms with Gasteiger partial charge in [0.25, 0.3) is 0 Å². The zero-order valence-electron chi connectivity index (χ0n) is 12.7. The van der Waals surface area contributed by atoms with Crippen molar-refractivity contribution in [1.29, 1.82) is 5.26 Å². The van der Waals surface area contributed by atoms with Crippen LogP contribution in [-0.2, 0) is 0 Å². The van der Waals surface area contributed by atoms with Gasteiger partial charge in [0.05, 0.1) is 16.9 Å². The van der Waals surface area contributed by atoms with Crippen molar-refractivity contribution >= 4 is 5.69 Å². The highest BCUT2D eigenvalue weighted by molar-refractivity contribution is 5.61. The Morgan fingerprint density at radius 1 is 1.21 bits per heavy atom. The SMILES string of the molecule is CCCN(CCN(C)C)c1cc(C)nc(C)c1C#N. The van der Waals surface area contributed by atoms with Crippen molar-refractivity contribution in [2.45, 2.75) is 27.2 Å². The lowest BCUT2D eigenvalue weighted by molar-refractivity contribution is 0.413. The van der Waals surface area contributed by atoms with Crippen molar-refractivity contribution < 1.29 is 0 Å². The van der Waals surface area contributed by atoms with Crippen LogP contribution in [0.25, 0.3) is 0 Å². The fourth-order valence-corrected chi connectivity index (χ4v) is 2.14. The fourth-order valence-electron chi connectivity index (χ4n) is 2.14. The summed E-state index contributed by atoms with van der Waals surface area (Å²) in [6.45, 7) is 8.92. The Hall–Kier alpha value is -1.60. The third kappa shape index (κ3) is 4.22. The van der Waals surface area contributed by atoms with E-state index in [1.807, 2.05) is 19.9 Å². The van der Waals surface area contributed by atoms with Crippen LogP contribution in [0.15, 0.2) is 6.07 Å². The molecule has 104 valence electrons. The molecule has 0 saturated heterocycles. The molecule has 0 aliphatic rings. The van der Waals surface area contributed by atoms with E-state index < -0.39 is 0 Å². The summed E-state index contributed by atoms with van der Waals surface area (Å²) in [5.74, 6) is 0. The number of pyridine rings is 1. The Morgan fingerprint density at radius 2 is 1.89 bits per heavy atom. The number of aromatic nitrogens is 1. The second kappa shape index (κ2) is 7.10. The molecule has 1 rings (SSSR count). The van der Waals surface area contributed by atoms with Gasteiger partial charge in [0.15, 0.2) is 0 Å². The van der Waals surface area contributed by atoms with Crippen molar-refractivity contribution in [2.24, 2.45) is 0 Å². The largest absolute Gasteiger partial charge is 0.369 e. The summed E-state index contributed by atoms with van der Waals surface area (Å²) in [6, 6.07) is 4.32. The maximum Gasteiger partial charge on any atom is 0.103 e. The average molecular weight is 260 g/mol. The van der Waals surface area contributed by atoms with Crippen molar-refractivity contribution in [3.63, 3.8) is 0 Å². The topological polar surface area (TPSA) is 43.2 Å². The molecule has 1 aromatic heterocycles. The number of likely N-dealkylation sites (N-methyl/N-ethyl adjacent to an activating group) is 1. The van der Waals surface area contributed by atoms with Gasteiger partial charge in [0.1, 0.15) is 6.07 Å². The van der Waals surface area contributed by atoms with Gasteiger partial charge in [-0.2, -0.15) is 5.26 Å². The van der Waals surface area contributed by atoms with Gasteiger partial charge in [0.2, 0.25) is 0 Å². The Balaban J connectivity index is 3.10. The van der Waals surface area contributed by atoms with Gasteiger partial charge in [-0.25, -0.2) is 0 Å². The molecule has 1 aromatic rings. The van der Waals surface area contributed by atoms with Crippen molar-refractivity contribution in [2.75, 3.05) is 38.6 Å². The predicted octanol–water partition coefficient (Wildman–Crippen LogP) is 2.35. The summed E-state index contributed by atoms with van der Waals surface area (Å²) in [6.07, 6.45) is 1.07. The van der Waals surface area contributed by atoms with E-state index in [0.717, 1.165) is 43.1 Å². The molecule has 1 heterocycles. The zero-order chi connectivity index (χ0) is 14.4. The second-order valence-corrected chi connectivity index (χ2v) is 5.15. The van der Waals surface area contributed by atoms with E-state index in [1.54, 1.807) is 0 Å². The van der Waals surface area contributed by atoms with Gasteiger partial charge in [-0.05, 0) is 40.4 Å². The zero-order valence-corrected chi connectivity index (χ0v) is 12.7. The number of anilines is 1. The van der Waals surface area contributed by atoms with E-state index in [0.29, 0.717) is 5.56 Å². The molecule has 4 nitrogen and oxygen atoms in total. The van der Waals surface area contributed by atoms with Crippen LogP contribution in [0.3, 0.4) is 0 Å². The highest BCUT2D eigenvalue weighted by Gasteiger charge is 2.14. The van der Waals surface area contributed by atoms with Gasteiger partial charge < -0.3 is 9.80 Å². The van der Waals surface area contributed by atoms with Crippen LogP contribution in [0, 0.1) is 25.2 Å². The van der Waals surface area contributed by atoms with Crippen molar-refractivity contribution in [1.82, 2.24) is 9.88 Å². The standard InChI is InChI=1S/C15H24N4/c1-6-7-19(9-8-18(4)5)15-10-12(2)17-13(3)14(15)11-16/h10H,6-9H2,1-5H3. The van der Waals surface area contributed by atoms with Crippen molar-refractivity contribution in [3.8, 4) is 6.07 Å². The van der Waals surface area contributed by atoms with Crippen LogP contribution in [0.1, 0.15) is 30.3 Å². The van der Waals surface area contributed by atoms with Gasteiger partial charge in [-0.1, -0.05) is 6.92 Å². The lowest BCUT2D eigenvalue weighted by Crippen LogP contribution is -2.33. The van der Waals surface area contributed by atoms with Crippen molar-refractivity contribution in [3.05, 3.63) is 23.0 Å². The number of nitriles is 1. The van der Waals surface area contributed by atoms with Crippen LogP contribution < -0.4 is 4.90 Å². The molecular formula is C15H24N4. The highest BCUT2D eigenvalue weighted by Crippen LogP contribution is 2.23. The van der Waals surface area contributed by atoms with Crippen LogP contribution in [0.2, 0.25) is 0 Å². The third-order valence-electron chi connectivity index (χ3n) is 3.07. The van der Waals surface area contributed by atoms with E-state index in [-0.39, 0.29) is 0 Å². The first-order chi connectivity index (χ1) is 8.99. The minimum atomic E-state index is 0.706. The molecule has 0 fully saturated rings. The molecule has 0 atom stereocenters. The molecule has 4 heteroatoms. The lowest BCUT2D eigenvalue weighted by atomic mass is 10.1. The van der Waals surface area contributed by atoms with Gasteiger partial charge >= 0.3 is 0 Å². The van der Waals surface area contributed by atoms with Gasteiger partial charge in [0, 0.05) is 25.3 Å². The van der Waals surface area contributed by atoms with E-state index in [2.05, 4.69) is 41.9 Å². The molecule has 0 radical (unpaired) electrons. The number of nitrogens with zero attached hydrogens (tertiary/aromatic N) is 4. The van der Waals surface area contributed by atoms with Crippen LogP contribution in [-0.4, -0.2) is 43.6 Å². The van der Waals surface area contributed by atoms with Gasteiger partial charge in [-0.3, -0.25) is 4.98 Å². The predicted molar refractivity (Wildman–Crippen MR) is 79.5 cm³/mol. The molecule has 0 amide bonds. The highest BCUT2D eigenvalue weighted by atomic mass is 15.2. The smallest absolute Gasteiger partial charge is 0.103 e. The van der Waals surface area contributed by atoms with E-state index in [1.165, 1.54) is 0 Å². The Bertz CT molecular complexity index is 460. The monoisotopic (exact) mass is 260 g/mol. The molecule has 0 aliphatic carbocycles. The van der Waals surface area contributed by atoms with E-state index in [4.69, 9.17) is 0 Å². The van der Waals surface area contributed by atoms with Crippen LogP contribution >= 0.6 is 0 Å². The molecule has 0 aliphatic heterocycles. The summed E-state index contributed by atoms with van der Waals surface area (Å²) in [7, 11) is 4.14. The minimum Gasteiger partial charge on any atom is -0.369 e. The Kier molecular flexibility index (Phi) is 5.78. The quantitative estimate of drug-likeness (QED) is 0.787. The Morgan fingerprint density at radius 3 is 2.42 bits per heavy atom. The molecule has 0 spiro atoms. The molecule has 0 unspecified atom stereocenters. The minimum absolute atomic E-state index is 0.706. The molecular weight excluding hydrogens is 236 g/mol. The Labute approximate surface area is 116 Å². The number of hydrogen-bond donors (Lipinski definition) is 0. The first-order valence-electron chi connectivity index (χ1n) is 6.77. The summed E-state index contributed by atoms with van der Waals surface area (Å²) in [5.41, 5.74) is 3.52. The summed E-state index contributed by atoms with van der Waals surface area (Å²) < 4.78 is 0. The first-order valence-corrected chi connectivity index (χ1v) is 6.77. The van der Waals surface area contributed by atoms with Crippen LogP contribution in [0.5, 0.6) is 0 Å². The molecule has 0 bridgehead atoms. The van der Waals surface area contributed by atoms with E-state index in [9.17, 15) is 5.26 Å². The number of aryl methyl sites for hydroxylation is 2. The molecule has 0 saturated carbocycles. The van der Waals surface area contributed by atoms with Gasteiger partial charge in [-0.15, -0.1) is 0 Å². The summed E-state index contributed by atoms with van der Waals surface area (Å²) >= 11 is 0.